The van der Waals surface area contributed by atoms with E-state index in [4.69, 9.17) is 9.84 Å². The van der Waals surface area contributed by atoms with E-state index in [0.717, 1.165) is 6.54 Å². The molecule has 1 aromatic rings. The minimum atomic E-state index is -0.936. The number of likely N-dealkylation sites (N-methyl/N-ethyl adjacent to an activating group) is 1. The molecule has 1 unspecified atom stereocenters. The van der Waals surface area contributed by atoms with Crippen molar-refractivity contribution in [3.05, 3.63) is 29.8 Å². The molecule has 0 saturated heterocycles. The van der Waals surface area contributed by atoms with E-state index in [0.29, 0.717) is 18.4 Å². The Hall–Kier alpha value is -1.55. The molecule has 0 fully saturated rings. The molecule has 4 heteroatoms. The fourth-order valence-corrected chi connectivity index (χ4v) is 1.88. The van der Waals surface area contributed by atoms with Crippen molar-refractivity contribution in [1.29, 1.82) is 0 Å². The molecule has 0 saturated carbocycles. The summed E-state index contributed by atoms with van der Waals surface area (Å²) in [6.07, 6.45) is 0. The lowest BCUT2D eigenvalue weighted by molar-refractivity contribution is 0.0696. The van der Waals surface area contributed by atoms with E-state index < -0.39 is 5.97 Å². The molecule has 0 aliphatic rings. The van der Waals surface area contributed by atoms with Crippen molar-refractivity contribution in [2.24, 2.45) is 5.41 Å². The summed E-state index contributed by atoms with van der Waals surface area (Å²) in [6, 6.07) is 7.02. The largest absolute Gasteiger partial charge is 0.492 e. The minimum absolute atomic E-state index is 0.220. The van der Waals surface area contributed by atoms with Gasteiger partial charge in [0.2, 0.25) is 0 Å². The molecule has 1 aromatic carbocycles. The predicted molar refractivity (Wildman–Crippen MR) is 80.4 cm³/mol. The van der Waals surface area contributed by atoms with Crippen LogP contribution in [0.25, 0.3) is 0 Å². The first-order valence-electron chi connectivity index (χ1n) is 6.88. The second kappa shape index (κ2) is 6.75. The minimum Gasteiger partial charge on any atom is -0.492 e. The van der Waals surface area contributed by atoms with Crippen LogP contribution in [-0.4, -0.2) is 42.2 Å². The van der Waals surface area contributed by atoms with Gasteiger partial charge in [0.05, 0.1) is 5.56 Å². The van der Waals surface area contributed by atoms with Gasteiger partial charge in [0.1, 0.15) is 12.4 Å². The number of carbonyl (C=O) groups is 1. The maximum absolute atomic E-state index is 10.9. The number of carboxylic acid groups (broad SMARTS) is 1. The van der Waals surface area contributed by atoms with Gasteiger partial charge in [0.25, 0.3) is 0 Å². The monoisotopic (exact) mass is 279 g/mol. The molecular weight excluding hydrogens is 254 g/mol. The van der Waals surface area contributed by atoms with E-state index in [9.17, 15) is 4.79 Å². The number of hydrogen-bond donors (Lipinski definition) is 1. The normalized spacial score (nSPS) is 13.3. The van der Waals surface area contributed by atoms with Crippen LogP contribution in [0.4, 0.5) is 0 Å². The van der Waals surface area contributed by atoms with Crippen molar-refractivity contribution < 1.29 is 14.6 Å². The highest BCUT2D eigenvalue weighted by Crippen LogP contribution is 2.22. The summed E-state index contributed by atoms with van der Waals surface area (Å²) < 4.78 is 5.63. The van der Waals surface area contributed by atoms with E-state index >= 15 is 0 Å². The van der Waals surface area contributed by atoms with Gasteiger partial charge in [0.15, 0.2) is 0 Å². The van der Waals surface area contributed by atoms with Crippen LogP contribution in [0.15, 0.2) is 24.3 Å². The number of rotatable bonds is 6. The van der Waals surface area contributed by atoms with Crippen LogP contribution in [0.5, 0.6) is 5.75 Å². The number of benzene rings is 1. The summed E-state index contributed by atoms with van der Waals surface area (Å²) in [5, 5.41) is 8.92. The Bertz CT molecular complexity index is 451. The summed E-state index contributed by atoms with van der Waals surface area (Å²) in [5.74, 6) is -0.337. The lowest BCUT2D eigenvalue weighted by Crippen LogP contribution is -2.41. The molecule has 0 aromatic heterocycles. The van der Waals surface area contributed by atoms with Crippen LogP contribution in [0.1, 0.15) is 38.1 Å². The Morgan fingerprint density at radius 3 is 2.60 bits per heavy atom. The van der Waals surface area contributed by atoms with E-state index in [1.165, 1.54) is 0 Å². The first-order valence-corrected chi connectivity index (χ1v) is 6.88. The fourth-order valence-electron chi connectivity index (χ4n) is 1.88. The van der Waals surface area contributed by atoms with Gasteiger partial charge in [-0.05, 0) is 37.6 Å². The zero-order chi connectivity index (χ0) is 15.3. The van der Waals surface area contributed by atoms with Crippen molar-refractivity contribution in [1.82, 2.24) is 4.90 Å². The number of hydrogen-bond acceptors (Lipinski definition) is 3. The molecule has 0 aliphatic carbocycles. The van der Waals surface area contributed by atoms with Gasteiger partial charge < -0.3 is 9.84 Å². The van der Waals surface area contributed by atoms with Crippen LogP contribution in [0, 0.1) is 5.41 Å². The van der Waals surface area contributed by atoms with Gasteiger partial charge in [0, 0.05) is 12.6 Å². The average molecular weight is 279 g/mol. The van der Waals surface area contributed by atoms with Crippen LogP contribution < -0.4 is 4.74 Å². The number of carboxylic acids is 1. The van der Waals surface area contributed by atoms with Crippen molar-refractivity contribution in [3.63, 3.8) is 0 Å². The third-order valence-electron chi connectivity index (χ3n) is 3.71. The third kappa shape index (κ3) is 4.85. The van der Waals surface area contributed by atoms with Crippen molar-refractivity contribution in [2.75, 3.05) is 20.2 Å². The second-order valence-corrected chi connectivity index (χ2v) is 6.20. The van der Waals surface area contributed by atoms with Gasteiger partial charge in [-0.3, -0.25) is 4.90 Å². The van der Waals surface area contributed by atoms with Crippen LogP contribution in [-0.2, 0) is 0 Å². The van der Waals surface area contributed by atoms with Gasteiger partial charge >= 0.3 is 5.97 Å². The first kappa shape index (κ1) is 16.5. The lowest BCUT2D eigenvalue weighted by Gasteiger charge is -2.35. The Balaban J connectivity index is 2.48. The zero-order valence-electron chi connectivity index (χ0n) is 13.0. The molecule has 0 spiro atoms. The Kier molecular flexibility index (Phi) is 5.57. The molecule has 20 heavy (non-hydrogen) atoms. The summed E-state index contributed by atoms with van der Waals surface area (Å²) in [7, 11) is 2.08. The van der Waals surface area contributed by atoms with Gasteiger partial charge in [-0.15, -0.1) is 0 Å². The topological polar surface area (TPSA) is 49.8 Å². The van der Waals surface area contributed by atoms with Crippen molar-refractivity contribution in [3.8, 4) is 5.75 Å². The fraction of sp³-hybridized carbons (Fsp3) is 0.562. The van der Waals surface area contributed by atoms with E-state index in [1.54, 1.807) is 24.3 Å². The zero-order valence-corrected chi connectivity index (χ0v) is 13.0. The highest BCUT2D eigenvalue weighted by atomic mass is 16.5. The molecule has 0 aliphatic heterocycles. The molecule has 1 rings (SSSR count). The highest BCUT2D eigenvalue weighted by molar-refractivity contribution is 5.87. The van der Waals surface area contributed by atoms with Crippen LogP contribution >= 0.6 is 0 Å². The Labute approximate surface area is 121 Å². The number of ether oxygens (including phenoxy) is 1. The van der Waals surface area contributed by atoms with E-state index in [1.807, 2.05) is 0 Å². The van der Waals surface area contributed by atoms with Gasteiger partial charge in [-0.1, -0.05) is 26.8 Å². The predicted octanol–water partition coefficient (Wildman–Crippen LogP) is 3.13. The van der Waals surface area contributed by atoms with Crippen molar-refractivity contribution in [2.45, 2.75) is 33.7 Å². The average Bonchev–Trinajstić information content (AvgIpc) is 2.37. The molecule has 112 valence electrons. The molecule has 1 atom stereocenters. The molecule has 0 bridgehead atoms. The molecule has 0 radical (unpaired) electrons. The smallest absolute Gasteiger partial charge is 0.335 e. The quantitative estimate of drug-likeness (QED) is 0.869. The maximum Gasteiger partial charge on any atom is 0.335 e. The summed E-state index contributed by atoms with van der Waals surface area (Å²) in [6.45, 7) is 10.2. The molecule has 1 N–H and O–H groups in total. The molecule has 4 nitrogen and oxygen atoms in total. The van der Waals surface area contributed by atoms with Crippen LogP contribution in [0.3, 0.4) is 0 Å². The Morgan fingerprint density at radius 1 is 1.40 bits per heavy atom. The summed E-state index contributed by atoms with van der Waals surface area (Å²) >= 11 is 0. The van der Waals surface area contributed by atoms with E-state index in [-0.39, 0.29) is 11.0 Å². The van der Waals surface area contributed by atoms with Gasteiger partial charge in [-0.2, -0.15) is 0 Å². The summed E-state index contributed by atoms with van der Waals surface area (Å²) in [5.41, 5.74) is 0.469. The number of nitrogens with zero attached hydrogens (tertiary/aromatic N) is 1. The SMILES string of the molecule is CC(N(C)CCOc1cccc(C(=O)O)c1)C(C)(C)C. The van der Waals surface area contributed by atoms with Gasteiger partial charge in [-0.25, -0.2) is 4.79 Å². The standard InChI is InChI=1S/C16H25NO3/c1-12(16(2,3)4)17(5)9-10-20-14-8-6-7-13(11-14)15(18)19/h6-8,11-12H,9-10H2,1-5H3,(H,18,19). The second-order valence-electron chi connectivity index (χ2n) is 6.20. The lowest BCUT2D eigenvalue weighted by atomic mass is 9.87. The van der Waals surface area contributed by atoms with Crippen LogP contribution in [0.2, 0.25) is 0 Å². The highest BCUT2D eigenvalue weighted by Gasteiger charge is 2.23. The third-order valence-corrected chi connectivity index (χ3v) is 3.71. The Morgan fingerprint density at radius 2 is 2.05 bits per heavy atom. The molecule has 0 amide bonds. The number of aromatic carboxylic acids is 1. The molecule has 0 heterocycles. The van der Waals surface area contributed by atoms with E-state index in [2.05, 4.69) is 39.6 Å². The molecular formula is C16H25NO3. The van der Waals surface area contributed by atoms with Crippen molar-refractivity contribution >= 4 is 5.97 Å². The maximum atomic E-state index is 10.9. The summed E-state index contributed by atoms with van der Waals surface area (Å²) in [4.78, 5) is 13.1. The first-order chi connectivity index (χ1) is 9.21.